The van der Waals surface area contributed by atoms with E-state index in [0.717, 1.165) is 37.1 Å². The molecule has 106 valence electrons. The molecule has 4 heteroatoms. The first-order valence-corrected chi connectivity index (χ1v) is 7.84. The zero-order valence-corrected chi connectivity index (χ0v) is 13.3. The van der Waals surface area contributed by atoms with Crippen LogP contribution in [0.4, 0.5) is 5.69 Å². The van der Waals surface area contributed by atoms with Crippen LogP contribution in [0.5, 0.6) is 0 Å². The Morgan fingerprint density at radius 3 is 3.05 bits per heavy atom. The van der Waals surface area contributed by atoms with Crippen molar-refractivity contribution in [3.63, 3.8) is 0 Å². The van der Waals surface area contributed by atoms with Gasteiger partial charge in [0.1, 0.15) is 0 Å². The van der Waals surface area contributed by atoms with E-state index in [1.807, 2.05) is 0 Å². The monoisotopic (exact) mass is 326 g/mol. The van der Waals surface area contributed by atoms with E-state index < -0.39 is 0 Å². The van der Waals surface area contributed by atoms with Gasteiger partial charge in [-0.25, -0.2) is 0 Å². The largest absolute Gasteiger partial charge is 0.382 e. The Bertz CT molecular complexity index is 405. The number of ether oxygens (including phenoxy) is 1. The van der Waals surface area contributed by atoms with Crippen LogP contribution in [0.2, 0.25) is 0 Å². The molecular weight excluding hydrogens is 304 g/mol. The predicted molar refractivity (Wildman–Crippen MR) is 83.8 cm³/mol. The molecule has 0 spiro atoms. The molecule has 1 aromatic carbocycles. The summed E-state index contributed by atoms with van der Waals surface area (Å²) in [6, 6.07) is 7.35. The summed E-state index contributed by atoms with van der Waals surface area (Å²) in [6.45, 7) is 7.06. The molecule has 1 aliphatic rings. The highest BCUT2D eigenvalue weighted by Gasteiger charge is 2.16. The van der Waals surface area contributed by atoms with Crippen LogP contribution >= 0.6 is 15.9 Å². The van der Waals surface area contributed by atoms with Gasteiger partial charge in [0.2, 0.25) is 0 Å². The fraction of sp³-hybridized carbons (Fsp3) is 0.600. The van der Waals surface area contributed by atoms with Crippen molar-refractivity contribution in [2.75, 3.05) is 25.1 Å². The van der Waals surface area contributed by atoms with Crippen LogP contribution in [0, 0.1) is 0 Å². The van der Waals surface area contributed by atoms with Crippen LogP contribution in [-0.2, 0) is 11.2 Å². The first-order chi connectivity index (χ1) is 9.19. The fourth-order valence-corrected chi connectivity index (χ4v) is 2.93. The molecule has 1 aromatic rings. The molecule has 19 heavy (non-hydrogen) atoms. The molecule has 0 bridgehead atoms. The van der Waals surface area contributed by atoms with Gasteiger partial charge in [-0.05, 0) is 43.5 Å². The maximum absolute atomic E-state index is 5.50. The SMILES string of the molecule is CCc1cc(Br)ccc1NC(C)CC1COCCN1. The summed E-state index contributed by atoms with van der Waals surface area (Å²) < 4.78 is 6.64. The lowest BCUT2D eigenvalue weighted by Gasteiger charge is -2.27. The smallest absolute Gasteiger partial charge is 0.0621 e. The number of nitrogens with one attached hydrogen (secondary N) is 2. The second-order valence-electron chi connectivity index (χ2n) is 5.16. The molecule has 3 nitrogen and oxygen atoms in total. The maximum atomic E-state index is 5.50. The van der Waals surface area contributed by atoms with Gasteiger partial charge in [0.25, 0.3) is 0 Å². The average Bonchev–Trinajstić information content (AvgIpc) is 2.42. The molecule has 2 atom stereocenters. The van der Waals surface area contributed by atoms with E-state index in [4.69, 9.17) is 4.74 Å². The Labute approximate surface area is 124 Å². The number of morpholine rings is 1. The van der Waals surface area contributed by atoms with Crippen LogP contribution < -0.4 is 10.6 Å². The number of hydrogen-bond donors (Lipinski definition) is 2. The van der Waals surface area contributed by atoms with Crippen molar-refractivity contribution in [2.45, 2.75) is 38.8 Å². The number of hydrogen-bond acceptors (Lipinski definition) is 3. The van der Waals surface area contributed by atoms with Crippen LogP contribution in [0.1, 0.15) is 25.8 Å². The Kier molecular flexibility index (Phi) is 5.67. The van der Waals surface area contributed by atoms with E-state index in [2.05, 4.69) is 58.6 Å². The molecule has 0 radical (unpaired) electrons. The second kappa shape index (κ2) is 7.27. The molecule has 0 amide bonds. The molecule has 2 N–H and O–H groups in total. The van der Waals surface area contributed by atoms with Gasteiger partial charge in [0, 0.05) is 28.8 Å². The van der Waals surface area contributed by atoms with Gasteiger partial charge in [-0.3, -0.25) is 0 Å². The molecule has 0 aliphatic carbocycles. The van der Waals surface area contributed by atoms with Crippen LogP contribution in [-0.4, -0.2) is 31.8 Å². The number of benzene rings is 1. The Morgan fingerprint density at radius 1 is 1.53 bits per heavy atom. The average molecular weight is 327 g/mol. The van der Waals surface area contributed by atoms with Crippen molar-refractivity contribution in [1.29, 1.82) is 0 Å². The third-order valence-electron chi connectivity index (χ3n) is 3.49. The quantitative estimate of drug-likeness (QED) is 0.871. The molecule has 1 heterocycles. The standard InChI is InChI=1S/C15H23BrN2O/c1-3-12-9-13(16)4-5-15(12)18-11(2)8-14-10-19-7-6-17-14/h4-5,9,11,14,17-18H,3,6-8,10H2,1-2H3. The highest BCUT2D eigenvalue weighted by atomic mass is 79.9. The summed E-state index contributed by atoms with van der Waals surface area (Å²) in [5.41, 5.74) is 2.60. The highest BCUT2D eigenvalue weighted by molar-refractivity contribution is 9.10. The van der Waals surface area contributed by atoms with Gasteiger partial charge >= 0.3 is 0 Å². The third kappa shape index (κ3) is 4.48. The van der Waals surface area contributed by atoms with Gasteiger partial charge in [-0.1, -0.05) is 22.9 Å². The van der Waals surface area contributed by atoms with Crippen molar-refractivity contribution < 1.29 is 4.74 Å². The van der Waals surface area contributed by atoms with E-state index in [9.17, 15) is 0 Å². The topological polar surface area (TPSA) is 33.3 Å². The lowest BCUT2D eigenvalue weighted by atomic mass is 10.1. The number of aryl methyl sites for hydroxylation is 1. The maximum Gasteiger partial charge on any atom is 0.0621 e. The normalized spacial score (nSPS) is 21.1. The number of halogens is 1. The van der Waals surface area contributed by atoms with E-state index in [1.165, 1.54) is 11.3 Å². The molecule has 1 fully saturated rings. The molecule has 0 aromatic heterocycles. The lowest BCUT2D eigenvalue weighted by molar-refractivity contribution is 0.0731. The highest BCUT2D eigenvalue weighted by Crippen LogP contribution is 2.23. The molecule has 0 saturated carbocycles. The summed E-state index contributed by atoms with van der Waals surface area (Å²) in [5.74, 6) is 0. The summed E-state index contributed by atoms with van der Waals surface area (Å²) in [5, 5.41) is 7.12. The molecular formula is C15H23BrN2O. The van der Waals surface area contributed by atoms with Crippen molar-refractivity contribution >= 4 is 21.6 Å². The van der Waals surface area contributed by atoms with Crippen LogP contribution in [0.3, 0.4) is 0 Å². The van der Waals surface area contributed by atoms with Gasteiger partial charge in [-0.2, -0.15) is 0 Å². The van der Waals surface area contributed by atoms with E-state index in [-0.39, 0.29) is 0 Å². The van der Waals surface area contributed by atoms with Crippen molar-refractivity contribution in [1.82, 2.24) is 5.32 Å². The minimum Gasteiger partial charge on any atom is -0.382 e. The first kappa shape index (κ1) is 14.8. The predicted octanol–water partition coefficient (Wildman–Crippen LogP) is 3.19. The lowest BCUT2D eigenvalue weighted by Crippen LogP contribution is -2.43. The molecule has 2 rings (SSSR count). The van der Waals surface area contributed by atoms with Gasteiger partial charge in [-0.15, -0.1) is 0 Å². The minimum absolute atomic E-state index is 0.436. The second-order valence-corrected chi connectivity index (χ2v) is 6.08. The zero-order chi connectivity index (χ0) is 13.7. The number of anilines is 1. The number of rotatable bonds is 5. The zero-order valence-electron chi connectivity index (χ0n) is 11.7. The molecule has 2 unspecified atom stereocenters. The van der Waals surface area contributed by atoms with Gasteiger partial charge in [0.15, 0.2) is 0 Å². The van der Waals surface area contributed by atoms with Crippen LogP contribution in [0.15, 0.2) is 22.7 Å². The van der Waals surface area contributed by atoms with Crippen LogP contribution in [0.25, 0.3) is 0 Å². The Morgan fingerprint density at radius 2 is 2.37 bits per heavy atom. The van der Waals surface area contributed by atoms with E-state index in [0.29, 0.717) is 12.1 Å². The summed E-state index contributed by atoms with van der Waals surface area (Å²) >= 11 is 3.53. The Hall–Kier alpha value is -0.580. The summed E-state index contributed by atoms with van der Waals surface area (Å²) in [4.78, 5) is 0. The van der Waals surface area contributed by atoms with Gasteiger partial charge in [0.05, 0.1) is 13.2 Å². The minimum atomic E-state index is 0.436. The van der Waals surface area contributed by atoms with Gasteiger partial charge < -0.3 is 15.4 Å². The Balaban J connectivity index is 1.92. The van der Waals surface area contributed by atoms with Crippen molar-refractivity contribution in [3.05, 3.63) is 28.2 Å². The molecule has 1 aliphatic heterocycles. The van der Waals surface area contributed by atoms with E-state index in [1.54, 1.807) is 0 Å². The van der Waals surface area contributed by atoms with Crippen molar-refractivity contribution in [3.8, 4) is 0 Å². The molecule has 1 saturated heterocycles. The van der Waals surface area contributed by atoms with Crippen molar-refractivity contribution in [2.24, 2.45) is 0 Å². The summed E-state index contributed by atoms with van der Waals surface area (Å²) in [7, 11) is 0. The summed E-state index contributed by atoms with van der Waals surface area (Å²) in [6.07, 6.45) is 2.12. The fourth-order valence-electron chi connectivity index (χ4n) is 2.52. The van der Waals surface area contributed by atoms with E-state index >= 15 is 0 Å². The first-order valence-electron chi connectivity index (χ1n) is 7.05. The third-order valence-corrected chi connectivity index (χ3v) is 3.98.